The molecule has 1 aliphatic heterocycles. The Labute approximate surface area is 170 Å². The minimum absolute atomic E-state index is 0.135. The molecule has 1 saturated heterocycles. The Morgan fingerprint density at radius 1 is 1.24 bits per heavy atom. The molecular weight excluding hydrogens is 366 g/mol. The van der Waals surface area contributed by atoms with Crippen LogP contribution in [0.1, 0.15) is 28.9 Å². The van der Waals surface area contributed by atoms with Crippen molar-refractivity contribution in [1.82, 2.24) is 25.4 Å². The third-order valence-corrected chi connectivity index (χ3v) is 5.71. The van der Waals surface area contributed by atoms with Crippen LogP contribution in [0.4, 0.5) is 0 Å². The Hall–Kier alpha value is -2.93. The molecule has 1 amide bonds. The Balaban J connectivity index is 1.25. The Bertz CT molecular complexity index is 948. The molecule has 29 heavy (non-hydrogen) atoms. The molecule has 0 spiro atoms. The van der Waals surface area contributed by atoms with Gasteiger partial charge in [0.15, 0.2) is 5.69 Å². The van der Waals surface area contributed by atoms with Gasteiger partial charge in [-0.15, -0.1) is 0 Å². The number of aromatic amines is 1. The molecule has 2 aromatic heterocycles. The van der Waals surface area contributed by atoms with E-state index in [4.69, 9.17) is 4.74 Å². The van der Waals surface area contributed by atoms with Crippen molar-refractivity contribution in [1.29, 1.82) is 0 Å². The number of hydrogen-bond donors (Lipinski definition) is 2. The normalized spacial score (nSPS) is 15.5. The van der Waals surface area contributed by atoms with Crippen LogP contribution >= 0.6 is 0 Å². The van der Waals surface area contributed by atoms with Crippen LogP contribution in [0.15, 0.2) is 42.7 Å². The molecule has 0 radical (unpaired) electrons. The number of benzene rings is 1. The molecule has 2 N–H and O–H groups in total. The lowest BCUT2D eigenvalue weighted by Crippen LogP contribution is -2.39. The first-order chi connectivity index (χ1) is 14.2. The summed E-state index contributed by atoms with van der Waals surface area (Å²) in [5.41, 5.74) is 2.59. The van der Waals surface area contributed by atoms with Gasteiger partial charge in [0.2, 0.25) is 0 Å². The van der Waals surface area contributed by atoms with E-state index in [2.05, 4.69) is 37.5 Å². The zero-order valence-electron chi connectivity index (χ0n) is 16.7. The van der Waals surface area contributed by atoms with Crippen molar-refractivity contribution in [3.05, 3.63) is 54.0 Å². The second-order valence-electron chi connectivity index (χ2n) is 7.58. The number of H-pyrrole nitrogens is 1. The number of likely N-dealkylation sites (tertiary alicyclic amines) is 1. The summed E-state index contributed by atoms with van der Waals surface area (Å²) in [7, 11) is 1.62. The summed E-state index contributed by atoms with van der Waals surface area (Å²) >= 11 is 0. The number of rotatable bonds is 7. The van der Waals surface area contributed by atoms with Crippen LogP contribution in [0.2, 0.25) is 0 Å². The fourth-order valence-corrected chi connectivity index (χ4v) is 3.86. The van der Waals surface area contributed by atoms with Gasteiger partial charge in [-0.1, -0.05) is 0 Å². The summed E-state index contributed by atoms with van der Waals surface area (Å²) in [5, 5.41) is 11.0. The van der Waals surface area contributed by atoms with Crippen molar-refractivity contribution < 1.29 is 9.53 Å². The molecule has 7 heteroatoms. The van der Waals surface area contributed by atoms with E-state index in [0.717, 1.165) is 49.8 Å². The third kappa shape index (κ3) is 4.74. The van der Waals surface area contributed by atoms with E-state index in [9.17, 15) is 4.79 Å². The predicted octanol–water partition coefficient (Wildman–Crippen LogP) is 2.65. The van der Waals surface area contributed by atoms with Gasteiger partial charge in [-0.3, -0.25) is 14.9 Å². The number of amides is 1. The largest absolute Gasteiger partial charge is 0.497 e. The summed E-state index contributed by atoms with van der Waals surface area (Å²) in [6.07, 6.45) is 6.96. The highest BCUT2D eigenvalue weighted by Crippen LogP contribution is 2.22. The Kier molecular flexibility index (Phi) is 6.05. The second kappa shape index (κ2) is 9.05. The number of aromatic nitrogens is 3. The maximum Gasteiger partial charge on any atom is 0.272 e. The van der Waals surface area contributed by atoms with Crippen molar-refractivity contribution in [2.24, 2.45) is 5.92 Å². The smallest absolute Gasteiger partial charge is 0.272 e. The van der Waals surface area contributed by atoms with E-state index in [1.165, 1.54) is 5.56 Å². The highest BCUT2D eigenvalue weighted by atomic mass is 16.5. The molecular formula is C22H27N5O2. The number of carbonyl (C=O) groups is 1. The van der Waals surface area contributed by atoms with Crippen molar-refractivity contribution in [3.63, 3.8) is 0 Å². The molecule has 1 aliphatic rings. The number of nitrogens with zero attached hydrogens (tertiary/aromatic N) is 3. The lowest BCUT2D eigenvalue weighted by atomic mass is 9.96. The highest BCUT2D eigenvalue weighted by molar-refractivity contribution is 6.05. The molecule has 0 aliphatic carbocycles. The van der Waals surface area contributed by atoms with Crippen molar-refractivity contribution in [2.75, 3.05) is 33.3 Å². The first-order valence-electron chi connectivity index (χ1n) is 10.1. The zero-order valence-corrected chi connectivity index (χ0v) is 16.7. The molecule has 4 rings (SSSR count). The molecule has 0 unspecified atom stereocenters. The van der Waals surface area contributed by atoms with Gasteiger partial charge < -0.3 is 15.0 Å². The van der Waals surface area contributed by atoms with E-state index < -0.39 is 0 Å². The number of piperidine rings is 1. The van der Waals surface area contributed by atoms with Gasteiger partial charge in [0.1, 0.15) is 5.75 Å². The molecule has 3 heterocycles. The molecule has 7 nitrogen and oxygen atoms in total. The number of nitrogens with one attached hydrogen (secondary N) is 2. The van der Waals surface area contributed by atoms with Crippen LogP contribution in [0.3, 0.4) is 0 Å². The fourth-order valence-electron chi connectivity index (χ4n) is 3.86. The van der Waals surface area contributed by atoms with Gasteiger partial charge in [0, 0.05) is 30.9 Å². The van der Waals surface area contributed by atoms with E-state index >= 15 is 0 Å². The molecule has 0 saturated carbocycles. The SMILES string of the molecule is COc1ccc2[nH]nc(C(=O)NCC3CCN(CCc4ccncc4)CC3)c2c1. The minimum Gasteiger partial charge on any atom is -0.497 e. The summed E-state index contributed by atoms with van der Waals surface area (Å²) in [6, 6.07) is 9.73. The van der Waals surface area contributed by atoms with Crippen molar-refractivity contribution in [3.8, 4) is 5.75 Å². The van der Waals surface area contributed by atoms with Crippen LogP contribution in [-0.2, 0) is 6.42 Å². The van der Waals surface area contributed by atoms with E-state index in [1.54, 1.807) is 7.11 Å². The maximum atomic E-state index is 12.6. The lowest BCUT2D eigenvalue weighted by molar-refractivity contribution is 0.0933. The quantitative estimate of drug-likeness (QED) is 0.645. The molecule has 0 atom stereocenters. The monoisotopic (exact) mass is 393 g/mol. The zero-order chi connectivity index (χ0) is 20.1. The summed E-state index contributed by atoms with van der Waals surface area (Å²) in [6.45, 7) is 3.92. The summed E-state index contributed by atoms with van der Waals surface area (Å²) < 4.78 is 5.26. The average molecular weight is 393 g/mol. The van der Waals surface area contributed by atoms with Crippen LogP contribution in [0, 0.1) is 5.92 Å². The van der Waals surface area contributed by atoms with Crippen molar-refractivity contribution >= 4 is 16.8 Å². The third-order valence-electron chi connectivity index (χ3n) is 5.71. The number of fused-ring (bicyclic) bond motifs is 1. The fraction of sp³-hybridized carbons (Fsp3) is 0.409. The van der Waals surface area contributed by atoms with E-state index in [-0.39, 0.29) is 5.91 Å². The lowest BCUT2D eigenvalue weighted by Gasteiger charge is -2.32. The summed E-state index contributed by atoms with van der Waals surface area (Å²) in [5.74, 6) is 1.09. The Morgan fingerprint density at radius 3 is 2.79 bits per heavy atom. The van der Waals surface area contributed by atoms with Crippen LogP contribution < -0.4 is 10.1 Å². The van der Waals surface area contributed by atoms with Gasteiger partial charge in [0.25, 0.3) is 5.91 Å². The van der Waals surface area contributed by atoms with E-state index in [0.29, 0.717) is 23.9 Å². The van der Waals surface area contributed by atoms with Gasteiger partial charge in [0.05, 0.1) is 12.6 Å². The number of hydrogen-bond acceptors (Lipinski definition) is 5. The predicted molar refractivity (Wildman–Crippen MR) is 112 cm³/mol. The molecule has 0 bridgehead atoms. The number of ether oxygens (including phenoxy) is 1. The van der Waals surface area contributed by atoms with Gasteiger partial charge in [-0.25, -0.2) is 0 Å². The van der Waals surface area contributed by atoms with Crippen molar-refractivity contribution in [2.45, 2.75) is 19.3 Å². The Morgan fingerprint density at radius 2 is 2.03 bits per heavy atom. The van der Waals surface area contributed by atoms with Crippen LogP contribution in [0.5, 0.6) is 5.75 Å². The average Bonchev–Trinajstić information content (AvgIpc) is 3.20. The van der Waals surface area contributed by atoms with Gasteiger partial charge in [-0.05, 0) is 74.2 Å². The standard InChI is InChI=1S/C22H27N5O2/c1-29-18-2-3-20-19(14-18)21(26-25-20)22(28)24-15-17-7-12-27(13-8-17)11-6-16-4-9-23-10-5-16/h2-5,9-10,14,17H,6-8,11-13,15H2,1H3,(H,24,28)(H,25,26). The van der Waals surface area contributed by atoms with Gasteiger partial charge in [-0.2, -0.15) is 5.10 Å². The maximum absolute atomic E-state index is 12.6. The highest BCUT2D eigenvalue weighted by Gasteiger charge is 2.21. The molecule has 3 aromatic rings. The summed E-state index contributed by atoms with van der Waals surface area (Å²) in [4.78, 5) is 19.2. The second-order valence-corrected chi connectivity index (χ2v) is 7.58. The number of methoxy groups -OCH3 is 1. The topological polar surface area (TPSA) is 83.1 Å². The molecule has 152 valence electrons. The minimum atomic E-state index is -0.135. The number of pyridine rings is 1. The first kappa shape index (κ1) is 19.4. The molecule has 1 fully saturated rings. The first-order valence-corrected chi connectivity index (χ1v) is 10.1. The van der Waals surface area contributed by atoms with Crippen LogP contribution in [-0.4, -0.2) is 59.3 Å². The molecule has 1 aromatic carbocycles. The van der Waals surface area contributed by atoms with Gasteiger partial charge >= 0.3 is 0 Å². The van der Waals surface area contributed by atoms with Crippen LogP contribution in [0.25, 0.3) is 10.9 Å². The number of carbonyl (C=O) groups excluding carboxylic acids is 1. The van der Waals surface area contributed by atoms with E-state index in [1.807, 2.05) is 30.6 Å².